The van der Waals surface area contributed by atoms with Crippen LogP contribution in [0.2, 0.25) is 0 Å². The number of carbonyl (C=O) groups excluding carboxylic acids is 2. The molecule has 114 valence electrons. The molecule has 0 saturated carbocycles. The zero-order chi connectivity index (χ0) is 16.0. The summed E-state index contributed by atoms with van der Waals surface area (Å²) in [4.78, 5) is 24.2. The van der Waals surface area contributed by atoms with Gasteiger partial charge in [-0.3, -0.25) is 4.79 Å². The first-order chi connectivity index (χ1) is 9.55. The van der Waals surface area contributed by atoms with E-state index in [2.05, 4.69) is 0 Å². The lowest BCUT2D eigenvalue weighted by atomic mass is 10.2. The molecular formula is C14H17NO5S. The van der Waals surface area contributed by atoms with Crippen molar-refractivity contribution in [2.24, 2.45) is 0 Å². The number of rotatable bonds is 2. The number of hydrogen-bond acceptors (Lipinski definition) is 5. The molecule has 1 aliphatic heterocycles. The third-order valence-electron chi connectivity index (χ3n) is 2.95. The van der Waals surface area contributed by atoms with Crippen LogP contribution in [0.1, 0.15) is 38.1 Å². The van der Waals surface area contributed by atoms with E-state index in [-0.39, 0.29) is 10.5 Å². The van der Waals surface area contributed by atoms with Crippen molar-refractivity contribution in [3.05, 3.63) is 29.8 Å². The number of esters is 1. The molecule has 0 spiro atoms. The van der Waals surface area contributed by atoms with Gasteiger partial charge in [0.2, 0.25) is 0 Å². The molecule has 1 amide bonds. The van der Waals surface area contributed by atoms with Crippen molar-refractivity contribution >= 4 is 21.9 Å². The average molecular weight is 311 g/mol. The number of ether oxygens (including phenoxy) is 1. The minimum absolute atomic E-state index is 0.0768. The second-order valence-corrected chi connectivity index (χ2v) is 7.59. The van der Waals surface area contributed by atoms with Gasteiger partial charge in [0.1, 0.15) is 16.5 Å². The van der Waals surface area contributed by atoms with Gasteiger partial charge in [-0.2, -0.15) is 0 Å². The lowest BCUT2D eigenvalue weighted by Gasteiger charge is -2.26. The monoisotopic (exact) mass is 311 g/mol. The Hall–Kier alpha value is -1.89. The summed E-state index contributed by atoms with van der Waals surface area (Å²) in [6, 6.07) is 4.68. The summed E-state index contributed by atoms with van der Waals surface area (Å²) in [6.45, 7) is 6.36. The zero-order valence-electron chi connectivity index (χ0n) is 12.3. The van der Waals surface area contributed by atoms with Crippen molar-refractivity contribution in [1.82, 2.24) is 4.31 Å². The summed E-state index contributed by atoms with van der Waals surface area (Å²) in [5, 5.41) is 0. The summed E-state index contributed by atoms with van der Waals surface area (Å²) >= 11 is 0. The minimum atomic E-state index is -4.01. The van der Waals surface area contributed by atoms with E-state index in [1.807, 2.05) is 0 Å². The summed E-state index contributed by atoms with van der Waals surface area (Å²) in [5.74, 6) is -1.46. The molecule has 7 heteroatoms. The molecule has 1 aliphatic rings. The Kier molecular flexibility index (Phi) is 3.57. The number of hydrogen-bond donors (Lipinski definition) is 0. The molecule has 0 N–H and O–H groups in total. The van der Waals surface area contributed by atoms with Gasteiger partial charge >= 0.3 is 5.97 Å². The Morgan fingerprint density at radius 1 is 1.24 bits per heavy atom. The largest absolute Gasteiger partial charge is 0.458 e. The van der Waals surface area contributed by atoms with Gasteiger partial charge in [0.05, 0.1) is 5.56 Å². The molecule has 0 radical (unpaired) electrons. The molecule has 1 heterocycles. The molecule has 1 aromatic carbocycles. The summed E-state index contributed by atoms with van der Waals surface area (Å²) < 4.78 is 30.6. The Morgan fingerprint density at radius 3 is 2.33 bits per heavy atom. The highest BCUT2D eigenvalue weighted by Crippen LogP contribution is 2.32. The third kappa shape index (κ3) is 2.65. The Labute approximate surface area is 123 Å². The first-order valence-electron chi connectivity index (χ1n) is 6.46. The fourth-order valence-electron chi connectivity index (χ4n) is 2.07. The molecule has 0 aromatic heterocycles. The molecule has 21 heavy (non-hydrogen) atoms. The van der Waals surface area contributed by atoms with Gasteiger partial charge in [-0.25, -0.2) is 17.5 Å². The van der Waals surface area contributed by atoms with Crippen molar-refractivity contribution in [2.75, 3.05) is 0 Å². The predicted molar refractivity (Wildman–Crippen MR) is 75.1 cm³/mol. The van der Waals surface area contributed by atoms with Crippen molar-refractivity contribution in [2.45, 2.75) is 44.2 Å². The van der Waals surface area contributed by atoms with Crippen LogP contribution in [0.3, 0.4) is 0 Å². The van der Waals surface area contributed by atoms with Crippen LogP contribution in [0, 0.1) is 0 Å². The van der Waals surface area contributed by atoms with Crippen LogP contribution in [0.5, 0.6) is 0 Å². The zero-order valence-corrected chi connectivity index (χ0v) is 13.1. The quantitative estimate of drug-likeness (QED) is 0.774. The summed E-state index contributed by atoms with van der Waals surface area (Å²) in [7, 11) is -4.01. The number of sulfonamides is 1. The fourth-order valence-corrected chi connectivity index (χ4v) is 3.78. The van der Waals surface area contributed by atoms with E-state index in [4.69, 9.17) is 4.74 Å². The molecule has 1 aromatic rings. The van der Waals surface area contributed by atoms with E-state index in [1.165, 1.54) is 25.1 Å². The molecule has 0 saturated heterocycles. The first-order valence-corrected chi connectivity index (χ1v) is 7.90. The van der Waals surface area contributed by atoms with Gasteiger partial charge in [0.15, 0.2) is 0 Å². The number of amides is 1. The average Bonchev–Trinajstić information content (AvgIpc) is 2.55. The van der Waals surface area contributed by atoms with Crippen LogP contribution in [0.4, 0.5) is 0 Å². The molecule has 2 rings (SSSR count). The maximum atomic E-state index is 12.4. The second-order valence-electron chi connectivity index (χ2n) is 5.81. The first kappa shape index (κ1) is 15.5. The van der Waals surface area contributed by atoms with Gasteiger partial charge in [0.25, 0.3) is 15.9 Å². The maximum Gasteiger partial charge on any atom is 0.330 e. The lowest BCUT2D eigenvalue weighted by Crippen LogP contribution is -2.45. The minimum Gasteiger partial charge on any atom is -0.458 e. The van der Waals surface area contributed by atoms with Crippen molar-refractivity contribution in [3.63, 3.8) is 0 Å². The Bertz CT molecular complexity index is 702. The molecular weight excluding hydrogens is 294 g/mol. The van der Waals surface area contributed by atoms with Crippen LogP contribution >= 0.6 is 0 Å². The van der Waals surface area contributed by atoms with Gasteiger partial charge in [-0.15, -0.1) is 0 Å². The van der Waals surface area contributed by atoms with E-state index in [0.29, 0.717) is 4.31 Å². The molecule has 0 bridgehead atoms. The lowest BCUT2D eigenvalue weighted by molar-refractivity contribution is -0.158. The van der Waals surface area contributed by atoms with E-state index >= 15 is 0 Å². The summed E-state index contributed by atoms with van der Waals surface area (Å²) in [6.07, 6.45) is 0. The molecule has 1 unspecified atom stereocenters. The van der Waals surface area contributed by atoms with Crippen molar-refractivity contribution < 1.29 is 22.7 Å². The molecule has 0 fully saturated rings. The molecule has 1 atom stereocenters. The normalized spacial score (nSPS) is 18.3. The van der Waals surface area contributed by atoms with Gasteiger partial charge in [-0.1, -0.05) is 12.1 Å². The van der Waals surface area contributed by atoms with Crippen LogP contribution in [0.25, 0.3) is 0 Å². The van der Waals surface area contributed by atoms with Crippen LogP contribution in [0.15, 0.2) is 29.2 Å². The predicted octanol–water partition coefficient (Wildman–Crippen LogP) is 1.56. The highest BCUT2D eigenvalue weighted by molar-refractivity contribution is 7.90. The van der Waals surface area contributed by atoms with E-state index in [1.54, 1.807) is 26.8 Å². The van der Waals surface area contributed by atoms with Gasteiger partial charge in [-0.05, 0) is 39.8 Å². The number of carbonyl (C=O) groups is 2. The SMILES string of the molecule is CC(C(=O)OC(C)(C)C)N1C(=O)c2ccccc2S1(=O)=O. The van der Waals surface area contributed by atoms with Crippen molar-refractivity contribution in [1.29, 1.82) is 0 Å². The highest BCUT2D eigenvalue weighted by atomic mass is 32.2. The number of benzene rings is 1. The highest BCUT2D eigenvalue weighted by Gasteiger charge is 2.46. The summed E-state index contributed by atoms with van der Waals surface area (Å²) in [5.41, 5.74) is -0.682. The third-order valence-corrected chi connectivity index (χ3v) is 4.87. The van der Waals surface area contributed by atoms with Crippen molar-refractivity contribution in [3.8, 4) is 0 Å². The molecule has 6 nitrogen and oxygen atoms in total. The van der Waals surface area contributed by atoms with Gasteiger partial charge < -0.3 is 4.74 Å². The fraction of sp³-hybridized carbons (Fsp3) is 0.429. The van der Waals surface area contributed by atoms with Crippen LogP contribution in [-0.4, -0.2) is 36.2 Å². The smallest absolute Gasteiger partial charge is 0.330 e. The Morgan fingerprint density at radius 2 is 1.81 bits per heavy atom. The number of nitrogens with zero attached hydrogens (tertiary/aromatic N) is 1. The van der Waals surface area contributed by atoms with Gasteiger partial charge in [0, 0.05) is 0 Å². The van der Waals surface area contributed by atoms with E-state index in [0.717, 1.165) is 0 Å². The Balaban J connectivity index is 2.39. The molecule has 0 aliphatic carbocycles. The van der Waals surface area contributed by atoms with Crippen LogP contribution in [-0.2, 0) is 19.6 Å². The maximum absolute atomic E-state index is 12.4. The topological polar surface area (TPSA) is 80.8 Å². The van der Waals surface area contributed by atoms with E-state index in [9.17, 15) is 18.0 Å². The van der Waals surface area contributed by atoms with E-state index < -0.39 is 33.5 Å². The number of fused-ring (bicyclic) bond motifs is 1. The standard InChI is InChI=1S/C14H17NO5S/c1-9(13(17)20-14(2,3)4)15-12(16)10-7-5-6-8-11(10)21(15,18)19/h5-9H,1-4H3. The van der Waals surface area contributed by atoms with Crippen LogP contribution < -0.4 is 0 Å². The second kappa shape index (κ2) is 4.84.